The standard InChI is InChI=1S/C12H14N2O2/c1-13-7-10-8-14-12(16-10)6-9-4-2-3-5-11(9)15/h2-5,8,13,15H,6-7H2,1H3. The topological polar surface area (TPSA) is 58.3 Å². The molecule has 1 aromatic heterocycles. The maximum atomic E-state index is 9.60. The number of hydrogen-bond donors (Lipinski definition) is 2. The summed E-state index contributed by atoms with van der Waals surface area (Å²) in [4.78, 5) is 4.15. The molecule has 0 saturated carbocycles. The number of oxazole rings is 1. The van der Waals surface area contributed by atoms with Gasteiger partial charge in [-0.25, -0.2) is 4.98 Å². The number of para-hydroxylation sites is 1. The Morgan fingerprint density at radius 1 is 1.38 bits per heavy atom. The number of phenols is 1. The van der Waals surface area contributed by atoms with Crippen LogP contribution in [0.5, 0.6) is 5.75 Å². The lowest BCUT2D eigenvalue weighted by atomic mass is 10.1. The van der Waals surface area contributed by atoms with Crippen LogP contribution in [0.3, 0.4) is 0 Å². The van der Waals surface area contributed by atoms with Crippen LogP contribution >= 0.6 is 0 Å². The lowest BCUT2D eigenvalue weighted by Gasteiger charge is -2.00. The van der Waals surface area contributed by atoms with Crippen molar-refractivity contribution in [3.8, 4) is 5.75 Å². The second-order valence-electron chi connectivity index (χ2n) is 3.56. The minimum absolute atomic E-state index is 0.274. The molecule has 0 saturated heterocycles. The molecule has 0 aliphatic heterocycles. The van der Waals surface area contributed by atoms with Gasteiger partial charge in [-0.1, -0.05) is 18.2 Å². The van der Waals surface area contributed by atoms with Crippen molar-refractivity contribution in [2.24, 2.45) is 0 Å². The molecule has 2 rings (SSSR count). The van der Waals surface area contributed by atoms with E-state index in [1.807, 2.05) is 19.2 Å². The van der Waals surface area contributed by atoms with E-state index in [1.54, 1.807) is 18.3 Å². The molecule has 1 aromatic carbocycles. The molecule has 1 heterocycles. The van der Waals surface area contributed by atoms with Crippen molar-refractivity contribution in [2.75, 3.05) is 7.05 Å². The Balaban J connectivity index is 2.11. The van der Waals surface area contributed by atoms with Gasteiger partial charge in [0.05, 0.1) is 19.2 Å². The van der Waals surface area contributed by atoms with Gasteiger partial charge in [-0.3, -0.25) is 0 Å². The highest BCUT2D eigenvalue weighted by Crippen LogP contribution is 2.19. The third-order valence-corrected chi connectivity index (χ3v) is 2.29. The van der Waals surface area contributed by atoms with Gasteiger partial charge >= 0.3 is 0 Å². The molecule has 0 aliphatic carbocycles. The molecule has 0 bridgehead atoms. The van der Waals surface area contributed by atoms with E-state index in [4.69, 9.17) is 4.42 Å². The van der Waals surface area contributed by atoms with E-state index >= 15 is 0 Å². The van der Waals surface area contributed by atoms with Crippen LogP contribution in [0.25, 0.3) is 0 Å². The Labute approximate surface area is 93.9 Å². The second-order valence-corrected chi connectivity index (χ2v) is 3.56. The van der Waals surface area contributed by atoms with Gasteiger partial charge in [0, 0.05) is 5.56 Å². The Hall–Kier alpha value is -1.81. The summed E-state index contributed by atoms with van der Waals surface area (Å²) < 4.78 is 5.50. The summed E-state index contributed by atoms with van der Waals surface area (Å²) in [6, 6.07) is 7.19. The summed E-state index contributed by atoms with van der Waals surface area (Å²) in [7, 11) is 1.85. The van der Waals surface area contributed by atoms with Crippen LogP contribution in [0.15, 0.2) is 34.9 Å². The summed E-state index contributed by atoms with van der Waals surface area (Å²) in [5, 5.41) is 12.6. The van der Waals surface area contributed by atoms with Crippen LogP contribution < -0.4 is 5.32 Å². The molecule has 4 nitrogen and oxygen atoms in total. The first kappa shape index (κ1) is 10.7. The number of aromatic nitrogens is 1. The first-order valence-corrected chi connectivity index (χ1v) is 5.14. The predicted molar refractivity (Wildman–Crippen MR) is 60.2 cm³/mol. The van der Waals surface area contributed by atoms with Crippen molar-refractivity contribution >= 4 is 0 Å². The van der Waals surface area contributed by atoms with E-state index in [0.29, 0.717) is 18.9 Å². The zero-order chi connectivity index (χ0) is 11.4. The van der Waals surface area contributed by atoms with Crippen molar-refractivity contribution in [2.45, 2.75) is 13.0 Å². The Morgan fingerprint density at radius 3 is 2.94 bits per heavy atom. The zero-order valence-corrected chi connectivity index (χ0v) is 9.10. The molecule has 0 radical (unpaired) electrons. The number of phenolic OH excluding ortho intramolecular Hbond substituents is 1. The van der Waals surface area contributed by atoms with Crippen molar-refractivity contribution in [3.63, 3.8) is 0 Å². The fourth-order valence-electron chi connectivity index (χ4n) is 1.51. The van der Waals surface area contributed by atoms with Gasteiger partial charge in [-0.2, -0.15) is 0 Å². The van der Waals surface area contributed by atoms with Crippen LogP contribution in [0.2, 0.25) is 0 Å². The molecular weight excluding hydrogens is 204 g/mol. The normalized spacial score (nSPS) is 10.6. The molecule has 0 atom stereocenters. The zero-order valence-electron chi connectivity index (χ0n) is 9.10. The van der Waals surface area contributed by atoms with Gasteiger partial charge in [0.25, 0.3) is 0 Å². The Morgan fingerprint density at radius 2 is 2.19 bits per heavy atom. The number of rotatable bonds is 4. The maximum absolute atomic E-state index is 9.60. The molecule has 0 amide bonds. The Kier molecular flexibility index (Phi) is 3.22. The lowest BCUT2D eigenvalue weighted by molar-refractivity contribution is 0.443. The van der Waals surface area contributed by atoms with Crippen LogP contribution in [-0.4, -0.2) is 17.1 Å². The van der Waals surface area contributed by atoms with Crippen molar-refractivity contribution in [1.29, 1.82) is 0 Å². The molecule has 2 aromatic rings. The highest BCUT2D eigenvalue weighted by Gasteiger charge is 2.07. The molecule has 16 heavy (non-hydrogen) atoms. The van der Waals surface area contributed by atoms with Crippen LogP contribution in [0, 0.1) is 0 Å². The number of hydrogen-bond acceptors (Lipinski definition) is 4. The van der Waals surface area contributed by atoms with Crippen LogP contribution in [-0.2, 0) is 13.0 Å². The van der Waals surface area contributed by atoms with E-state index in [9.17, 15) is 5.11 Å². The minimum atomic E-state index is 0.274. The van der Waals surface area contributed by atoms with E-state index < -0.39 is 0 Å². The van der Waals surface area contributed by atoms with Crippen molar-refractivity contribution in [1.82, 2.24) is 10.3 Å². The van der Waals surface area contributed by atoms with E-state index in [1.165, 1.54) is 0 Å². The largest absolute Gasteiger partial charge is 0.508 e. The predicted octanol–water partition coefficient (Wildman–Crippen LogP) is 1.69. The third kappa shape index (κ3) is 2.41. The van der Waals surface area contributed by atoms with Gasteiger partial charge in [0.15, 0.2) is 5.89 Å². The fourth-order valence-corrected chi connectivity index (χ4v) is 1.51. The quantitative estimate of drug-likeness (QED) is 0.820. The highest BCUT2D eigenvalue weighted by molar-refractivity contribution is 5.33. The maximum Gasteiger partial charge on any atom is 0.198 e. The molecular formula is C12H14N2O2. The lowest BCUT2D eigenvalue weighted by Crippen LogP contribution is -2.03. The smallest absolute Gasteiger partial charge is 0.198 e. The SMILES string of the molecule is CNCc1cnc(Cc2ccccc2O)o1. The van der Waals surface area contributed by atoms with Crippen molar-refractivity contribution in [3.05, 3.63) is 47.7 Å². The molecule has 84 valence electrons. The molecule has 0 fully saturated rings. The van der Waals surface area contributed by atoms with Crippen molar-refractivity contribution < 1.29 is 9.52 Å². The first-order chi connectivity index (χ1) is 7.79. The van der Waals surface area contributed by atoms with Gasteiger partial charge in [0.2, 0.25) is 0 Å². The molecule has 0 unspecified atom stereocenters. The summed E-state index contributed by atoms with van der Waals surface area (Å²) >= 11 is 0. The fraction of sp³-hybridized carbons (Fsp3) is 0.250. The average Bonchev–Trinajstić information content (AvgIpc) is 2.70. The van der Waals surface area contributed by atoms with Gasteiger partial charge in [0.1, 0.15) is 11.5 Å². The van der Waals surface area contributed by atoms with Gasteiger partial charge in [-0.05, 0) is 13.1 Å². The molecule has 0 aliphatic rings. The Bertz CT molecular complexity index is 466. The monoisotopic (exact) mass is 218 g/mol. The second kappa shape index (κ2) is 4.81. The number of aromatic hydroxyl groups is 1. The summed E-state index contributed by atoms with van der Waals surface area (Å²) in [6.45, 7) is 0.660. The van der Waals surface area contributed by atoms with E-state index in [0.717, 1.165) is 11.3 Å². The number of nitrogens with one attached hydrogen (secondary N) is 1. The van der Waals surface area contributed by atoms with Gasteiger partial charge in [-0.15, -0.1) is 0 Å². The highest BCUT2D eigenvalue weighted by atomic mass is 16.4. The van der Waals surface area contributed by atoms with Crippen LogP contribution in [0.1, 0.15) is 17.2 Å². The molecule has 2 N–H and O–H groups in total. The molecule has 4 heteroatoms. The number of nitrogens with zero attached hydrogens (tertiary/aromatic N) is 1. The van der Waals surface area contributed by atoms with Crippen LogP contribution in [0.4, 0.5) is 0 Å². The first-order valence-electron chi connectivity index (χ1n) is 5.14. The minimum Gasteiger partial charge on any atom is -0.508 e. The third-order valence-electron chi connectivity index (χ3n) is 2.29. The summed E-state index contributed by atoms with van der Waals surface area (Å²) in [5.41, 5.74) is 0.820. The summed E-state index contributed by atoms with van der Waals surface area (Å²) in [6.07, 6.45) is 2.21. The van der Waals surface area contributed by atoms with E-state index in [-0.39, 0.29) is 5.75 Å². The number of benzene rings is 1. The van der Waals surface area contributed by atoms with Gasteiger partial charge < -0.3 is 14.8 Å². The summed E-state index contributed by atoms with van der Waals surface area (Å²) in [5.74, 6) is 1.69. The van der Waals surface area contributed by atoms with E-state index in [2.05, 4.69) is 10.3 Å². The molecule has 0 spiro atoms. The average molecular weight is 218 g/mol.